The highest BCUT2D eigenvalue weighted by atomic mass is 32.1. The first-order valence-electron chi connectivity index (χ1n) is 11.5. The van der Waals surface area contributed by atoms with Crippen LogP contribution in [0.25, 0.3) is 0 Å². The monoisotopic (exact) mass is 435 g/mol. The Hall–Kier alpha value is -1.33. The summed E-state index contributed by atoms with van der Waals surface area (Å²) in [5.41, 5.74) is 0.762. The molecule has 0 aliphatic rings. The zero-order chi connectivity index (χ0) is 22.5. The fourth-order valence-electron chi connectivity index (χ4n) is 3.81. The third-order valence-corrected chi connectivity index (χ3v) is 6.60. The smallest absolute Gasteiger partial charge is 0.321 e. The van der Waals surface area contributed by atoms with Crippen molar-refractivity contribution < 1.29 is 14.7 Å². The predicted octanol–water partition coefficient (Wildman–Crippen LogP) is 5.87. The van der Waals surface area contributed by atoms with Gasteiger partial charge in [-0.25, -0.2) is 0 Å². The van der Waals surface area contributed by atoms with Gasteiger partial charge in [-0.1, -0.05) is 77.3 Å². The summed E-state index contributed by atoms with van der Waals surface area (Å²) in [5, 5.41) is 12.8. The number of hydrogen-bond donors (Lipinski definition) is 3. The van der Waals surface area contributed by atoms with Gasteiger partial charge in [-0.3, -0.25) is 9.59 Å². The van der Waals surface area contributed by atoms with E-state index in [0.717, 1.165) is 37.2 Å². The first-order valence-corrected chi connectivity index (χ1v) is 12.1. The van der Waals surface area contributed by atoms with Crippen LogP contribution in [0.3, 0.4) is 0 Å². The van der Waals surface area contributed by atoms with E-state index in [9.17, 15) is 14.7 Å². The van der Waals surface area contributed by atoms with Crippen molar-refractivity contribution in [1.82, 2.24) is 5.32 Å². The van der Waals surface area contributed by atoms with Gasteiger partial charge >= 0.3 is 5.97 Å². The highest BCUT2D eigenvalue weighted by Gasteiger charge is 2.25. The van der Waals surface area contributed by atoms with Gasteiger partial charge in [0.2, 0.25) is 0 Å². The van der Waals surface area contributed by atoms with Crippen molar-refractivity contribution in [3.05, 3.63) is 35.9 Å². The van der Waals surface area contributed by atoms with Gasteiger partial charge in [0, 0.05) is 23.8 Å². The van der Waals surface area contributed by atoms with Gasteiger partial charge in [-0.05, 0) is 37.0 Å². The van der Waals surface area contributed by atoms with E-state index in [2.05, 4.69) is 45.6 Å². The third-order valence-electron chi connectivity index (χ3n) is 6.24. The number of carbonyl (C=O) groups is 2. The second-order valence-electron chi connectivity index (χ2n) is 8.94. The number of carboxylic acids is 1. The van der Waals surface area contributed by atoms with Crippen molar-refractivity contribution in [2.75, 3.05) is 5.75 Å². The molecule has 4 nitrogen and oxygen atoms in total. The lowest BCUT2D eigenvalue weighted by atomic mass is 9.87. The molecule has 5 unspecified atom stereocenters. The average Bonchev–Trinajstić information content (AvgIpc) is 2.73. The number of carbonyl (C=O) groups excluding carboxylic acids is 1. The summed E-state index contributed by atoms with van der Waals surface area (Å²) in [6.07, 6.45) is 6.94. The van der Waals surface area contributed by atoms with Crippen LogP contribution in [0.1, 0.15) is 83.0 Å². The number of benzene rings is 1. The predicted molar refractivity (Wildman–Crippen MR) is 128 cm³/mol. The summed E-state index contributed by atoms with van der Waals surface area (Å²) >= 11 is 4.21. The van der Waals surface area contributed by atoms with Crippen LogP contribution in [-0.2, 0) is 4.79 Å². The van der Waals surface area contributed by atoms with Crippen molar-refractivity contribution in [3.63, 3.8) is 0 Å². The van der Waals surface area contributed by atoms with E-state index in [0.29, 0.717) is 12.3 Å². The molecule has 0 bridgehead atoms. The van der Waals surface area contributed by atoms with Crippen molar-refractivity contribution in [3.8, 4) is 0 Å². The molecule has 0 spiro atoms. The summed E-state index contributed by atoms with van der Waals surface area (Å²) in [5.74, 6) is 0.966. The molecule has 2 N–H and O–H groups in total. The highest BCUT2D eigenvalue weighted by Crippen LogP contribution is 2.23. The molecular formula is C25H41NO3S. The van der Waals surface area contributed by atoms with Crippen LogP contribution in [-0.4, -0.2) is 34.7 Å². The Kier molecular flexibility index (Phi) is 13.0. The fraction of sp³-hybridized carbons (Fsp3) is 0.680. The largest absolute Gasteiger partial charge is 0.480 e. The van der Waals surface area contributed by atoms with E-state index in [-0.39, 0.29) is 23.5 Å². The van der Waals surface area contributed by atoms with Crippen LogP contribution < -0.4 is 5.32 Å². The van der Waals surface area contributed by atoms with Gasteiger partial charge < -0.3 is 10.4 Å². The second-order valence-corrected chi connectivity index (χ2v) is 9.31. The summed E-state index contributed by atoms with van der Waals surface area (Å²) in [6.45, 7) is 8.83. The molecule has 0 saturated carbocycles. The number of carboxylic acid groups (broad SMARTS) is 1. The van der Waals surface area contributed by atoms with Gasteiger partial charge in [-0.15, -0.1) is 0 Å². The Balaban J connectivity index is 2.64. The van der Waals surface area contributed by atoms with Crippen LogP contribution in [0.15, 0.2) is 30.3 Å². The first kappa shape index (κ1) is 26.7. The normalized spacial score (nSPS) is 16.4. The molecule has 0 aromatic heterocycles. The lowest BCUT2D eigenvalue weighted by Gasteiger charge is -2.29. The molecule has 30 heavy (non-hydrogen) atoms. The van der Waals surface area contributed by atoms with Gasteiger partial charge in [-0.2, -0.15) is 12.6 Å². The number of thiol groups is 1. The highest BCUT2D eigenvalue weighted by molar-refractivity contribution is 7.80. The summed E-state index contributed by atoms with van der Waals surface area (Å²) in [4.78, 5) is 24.0. The van der Waals surface area contributed by atoms with Crippen molar-refractivity contribution in [1.29, 1.82) is 0 Å². The Bertz CT molecular complexity index is 622. The number of Topliss-reactive ketones (excluding diaryl/α,β-unsaturated/α-hetero) is 1. The van der Waals surface area contributed by atoms with E-state index < -0.39 is 12.0 Å². The molecule has 0 amide bonds. The molecule has 1 rings (SSSR count). The average molecular weight is 436 g/mol. The summed E-state index contributed by atoms with van der Waals surface area (Å²) < 4.78 is 0. The Morgan fingerprint density at radius 2 is 1.67 bits per heavy atom. The minimum atomic E-state index is -0.853. The Labute approximate surface area is 188 Å². The summed E-state index contributed by atoms with van der Waals surface area (Å²) in [6, 6.07) is 8.90. The van der Waals surface area contributed by atoms with Crippen LogP contribution >= 0.6 is 12.6 Å². The van der Waals surface area contributed by atoms with Gasteiger partial charge in [0.1, 0.15) is 6.04 Å². The van der Waals surface area contributed by atoms with Crippen LogP contribution in [0.2, 0.25) is 0 Å². The van der Waals surface area contributed by atoms with Crippen molar-refractivity contribution >= 4 is 24.4 Å². The van der Waals surface area contributed by atoms with Crippen molar-refractivity contribution in [2.45, 2.75) is 84.7 Å². The maximum atomic E-state index is 12.5. The van der Waals surface area contributed by atoms with E-state index in [1.807, 2.05) is 30.3 Å². The Morgan fingerprint density at radius 3 is 2.23 bits per heavy atom. The maximum absolute atomic E-state index is 12.5. The zero-order valence-electron chi connectivity index (χ0n) is 19.1. The SMILES string of the molecule is CCC(C)CCCC(C)C(CCC(C)CC(=O)c1ccccc1)NC(CS)C(=O)O. The molecule has 5 heteroatoms. The lowest BCUT2D eigenvalue weighted by Crippen LogP contribution is -2.47. The second kappa shape index (κ2) is 14.6. The minimum Gasteiger partial charge on any atom is -0.480 e. The number of ketones is 1. The summed E-state index contributed by atoms with van der Waals surface area (Å²) in [7, 11) is 0. The van der Waals surface area contributed by atoms with Gasteiger partial charge in [0.15, 0.2) is 5.78 Å². The van der Waals surface area contributed by atoms with Crippen LogP contribution in [0.5, 0.6) is 0 Å². The first-order chi connectivity index (χ1) is 14.3. The minimum absolute atomic E-state index is 0.115. The third kappa shape index (κ3) is 10.1. The van der Waals surface area contributed by atoms with Crippen LogP contribution in [0, 0.1) is 17.8 Å². The van der Waals surface area contributed by atoms with Crippen molar-refractivity contribution in [2.24, 2.45) is 17.8 Å². The molecule has 5 atom stereocenters. The molecule has 1 aromatic carbocycles. The van der Waals surface area contributed by atoms with E-state index in [1.54, 1.807) is 0 Å². The number of hydrogen-bond acceptors (Lipinski definition) is 4. The molecule has 170 valence electrons. The number of nitrogens with one attached hydrogen (secondary N) is 1. The molecular weight excluding hydrogens is 394 g/mol. The van der Waals surface area contributed by atoms with Gasteiger partial charge in [0.05, 0.1) is 0 Å². The number of rotatable bonds is 16. The molecule has 0 fully saturated rings. The van der Waals surface area contributed by atoms with E-state index in [4.69, 9.17) is 0 Å². The van der Waals surface area contributed by atoms with Crippen LogP contribution in [0.4, 0.5) is 0 Å². The lowest BCUT2D eigenvalue weighted by molar-refractivity contribution is -0.139. The molecule has 0 aliphatic heterocycles. The number of aliphatic carboxylic acids is 1. The Morgan fingerprint density at radius 1 is 1.00 bits per heavy atom. The quantitative estimate of drug-likeness (QED) is 0.224. The molecule has 0 heterocycles. The molecule has 1 aromatic rings. The standard InChI is InChI=1S/C25H41NO3S/c1-5-18(2)10-9-11-20(4)22(26-23(17-30)25(28)29)15-14-19(3)16-24(27)21-12-7-6-8-13-21/h6-8,12-13,18-20,22-23,26,30H,5,9-11,14-17H2,1-4H3,(H,28,29). The van der Waals surface area contributed by atoms with E-state index >= 15 is 0 Å². The molecule has 0 aliphatic carbocycles. The van der Waals surface area contributed by atoms with Gasteiger partial charge in [0.25, 0.3) is 0 Å². The van der Waals surface area contributed by atoms with E-state index in [1.165, 1.54) is 12.8 Å². The zero-order valence-corrected chi connectivity index (χ0v) is 20.0. The topological polar surface area (TPSA) is 66.4 Å². The fourth-order valence-corrected chi connectivity index (χ4v) is 4.07. The molecule has 0 saturated heterocycles. The maximum Gasteiger partial charge on any atom is 0.321 e. The molecule has 0 radical (unpaired) electrons.